The molecule has 1 saturated heterocycles. The summed E-state index contributed by atoms with van der Waals surface area (Å²) in [5.41, 5.74) is 0. The van der Waals surface area contributed by atoms with E-state index in [2.05, 4.69) is 37.6 Å². The Hall–Kier alpha value is -0.0800. The van der Waals surface area contributed by atoms with Gasteiger partial charge in [-0.1, -0.05) is 41.5 Å². The fourth-order valence-electron chi connectivity index (χ4n) is 1.65. The third kappa shape index (κ3) is 7.24. The lowest BCUT2D eigenvalue weighted by Crippen LogP contribution is -2.49. The summed E-state index contributed by atoms with van der Waals surface area (Å²) in [4.78, 5) is 5.01. The van der Waals surface area contributed by atoms with E-state index in [1.54, 1.807) is 0 Å². The van der Waals surface area contributed by atoms with E-state index >= 15 is 0 Å². The molecule has 1 aliphatic rings. The zero-order valence-electron chi connectivity index (χ0n) is 12.9. The average Bonchev–Trinajstić information content (AvgIpc) is 2.34. The summed E-state index contributed by atoms with van der Waals surface area (Å²) in [6.07, 6.45) is 0. The molecule has 0 aromatic heterocycles. The summed E-state index contributed by atoms with van der Waals surface area (Å²) in [5, 5.41) is 0. The Balaban J connectivity index is 0. The highest BCUT2D eigenvalue weighted by Gasteiger charge is 2.20. The van der Waals surface area contributed by atoms with Gasteiger partial charge in [0.1, 0.15) is 0 Å². The van der Waals surface area contributed by atoms with Crippen LogP contribution in [0.25, 0.3) is 0 Å². The maximum atomic E-state index is 2.60. The summed E-state index contributed by atoms with van der Waals surface area (Å²) in [6.45, 7) is 19.9. The van der Waals surface area contributed by atoms with Crippen LogP contribution in [0.2, 0.25) is 0 Å². The van der Waals surface area contributed by atoms with E-state index in [1.165, 1.54) is 26.2 Å². The van der Waals surface area contributed by atoms with Crippen molar-refractivity contribution in [2.45, 2.75) is 54.5 Å². The highest BCUT2D eigenvalue weighted by molar-refractivity contribution is 4.76. The van der Waals surface area contributed by atoms with Gasteiger partial charge < -0.3 is 4.90 Å². The van der Waals surface area contributed by atoms with Gasteiger partial charge in [0, 0.05) is 32.2 Å². The predicted molar refractivity (Wildman–Crippen MR) is 76.1 cm³/mol. The molecule has 1 fully saturated rings. The van der Waals surface area contributed by atoms with Crippen LogP contribution in [-0.2, 0) is 0 Å². The van der Waals surface area contributed by atoms with E-state index in [0.717, 1.165) is 12.0 Å². The summed E-state index contributed by atoms with van der Waals surface area (Å²) >= 11 is 0. The number of hydrogen-bond donors (Lipinski definition) is 0. The topological polar surface area (TPSA) is 6.48 Å². The smallest absolute Gasteiger partial charge is 0.0113 e. The lowest BCUT2D eigenvalue weighted by Gasteiger charge is -2.38. The van der Waals surface area contributed by atoms with Gasteiger partial charge in [0.05, 0.1) is 0 Å². The molecule has 0 aliphatic carbocycles. The Morgan fingerprint density at radius 3 is 1.44 bits per heavy atom. The Morgan fingerprint density at radius 2 is 1.12 bits per heavy atom. The number of likely N-dealkylation sites (N-methyl/N-ethyl adjacent to an activating group) is 1. The second-order valence-corrected chi connectivity index (χ2v) is 4.32. The van der Waals surface area contributed by atoms with Crippen molar-refractivity contribution >= 4 is 0 Å². The van der Waals surface area contributed by atoms with Gasteiger partial charge in [-0.25, -0.2) is 0 Å². The molecule has 2 nitrogen and oxygen atoms in total. The van der Waals surface area contributed by atoms with Crippen LogP contribution in [0, 0.1) is 5.92 Å². The van der Waals surface area contributed by atoms with Crippen molar-refractivity contribution in [3.05, 3.63) is 0 Å². The molecule has 1 aliphatic heterocycles. The Morgan fingerprint density at radius 1 is 0.750 bits per heavy atom. The largest absolute Gasteiger partial charge is 0.304 e. The third-order valence-electron chi connectivity index (χ3n) is 3.08. The van der Waals surface area contributed by atoms with Crippen molar-refractivity contribution < 1.29 is 0 Å². The molecule has 0 saturated carbocycles. The highest BCUT2D eigenvalue weighted by atomic mass is 15.3. The van der Waals surface area contributed by atoms with Gasteiger partial charge in [-0.2, -0.15) is 0 Å². The van der Waals surface area contributed by atoms with Gasteiger partial charge in [-0.3, -0.25) is 4.90 Å². The minimum absolute atomic E-state index is 0.749. The molecule has 1 atom stereocenters. The van der Waals surface area contributed by atoms with Crippen molar-refractivity contribution in [3.8, 4) is 0 Å². The lowest BCUT2D eigenvalue weighted by molar-refractivity contribution is 0.0975. The van der Waals surface area contributed by atoms with Gasteiger partial charge in [0.15, 0.2) is 0 Å². The summed E-state index contributed by atoms with van der Waals surface area (Å²) in [5.74, 6) is 0.786. The molecule has 16 heavy (non-hydrogen) atoms. The Kier molecular flexibility index (Phi) is 13.0. The maximum Gasteiger partial charge on any atom is 0.0113 e. The van der Waals surface area contributed by atoms with Crippen LogP contribution in [0.15, 0.2) is 0 Å². The SMILES string of the molecule is CC.CC.CC(C)C(C)N1CCN(C)CC1. The van der Waals surface area contributed by atoms with E-state index in [9.17, 15) is 0 Å². The standard InChI is InChI=1S/C10H22N2.2C2H6/c1-9(2)10(3)12-7-5-11(4)6-8-12;2*1-2/h9-10H,5-8H2,1-4H3;2*1-2H3. The molecule has 0 N–H and O–H groups in total. The lowest BCUT2D eigenvalue weighted by atomic mass is 10.0. The molecule has 100 valence electrons. The first kappa shape index (κ1) is 18.3. The average molecular weight is 230 g/mol. The van der Waals surface area contributed by atoms with Crippen LogP contribution >= 0.6 is 0 Å². The molecule has 2 heteroatoms. The first-order chi connectivity index (χ1) is 7.61. The molecule has 0 radical (unpaired) electrons. The third-order valence-corrected chi connectivity index (χ3v) is 3.08. The minimum atomic E-state index is 0.749. The van der Waals surface area contributed by atoms with Gasteiger partial charge in [0.2, 0.25) is 0 Å². The van der Waals surface area contributed by atoms with Crippen LogP contribution < -0.4 is 0 Å². The van der Waals surface area contributed by atoms with Gasteiger partial charge in [-0.05, 0) is 19.9 Å². The van der Waals surface area contributed by atoms with E-state index in [0.29, 0.717) is 0 Å². The molecule has 0 aromatic carbocycles. The predicted octanol–water partition coefficient (Wildman–Crippen LogP) is 3.33. The quantitative estimate of drug-likeness (QED) is 0.718. The highest BCUT2D eigenvalue weighted by Crippen LogP contribution is 2.11. The molecule has 0 amide bonds. The summed E-state index contributed by atoms with van der Waals surface area (Å²) < 4.78 is 0. The van der Waals surface area contributed by atoms with Crippen molar-refractivity contribution in [3.63, 3.8) is 0 Å². The van der Waals surface area contributed by atoms with Crippen LogP contribution in [0.1, 0.15) is 48.5 Å². The molecular formula is C14H34N2. The van der Waals surface area contributed by atoms with E-state index < -0.39 is 0 Å². The van der Waals surface area contributed by atoms with E-state index in [4.69, 9.17) is 0 Å². The Labute approximate surface area is 104 Å². The van der Waals surface area contributed by atoms with E-state index in [-0.39, 0.29) is 0 Å². The second kappa shape index (κ2) is 11.4. The van der Waals surface area contributed by atoms with Crippen molar-refractivity contribution in [2.75, 3.05) is 33.2 Å². The van der Waals surface area contributed by atoms with Gasteiger partial charge >= 0.3 is 0 Å². The fourth-order valence-corrected chi connectivity index (χ4v) is 1.65. The first-order valence-corrected chi connectivity index (χ1v) is 7.04. The van der Waals surface area contributed by atoms with E-state index in [1.807, 2.05) is 27.7 Å². The molecule has 0 aromatic rings. The number of rotatable bonds is 2. The van der Waals surface area contributed by atoms with Crippen LogP contribution in [0.4, 0.5) is 0 Å². The van der Waals surface area contributed by atoms with Crippen LogP contribution in [0.5, 0.6) is 0 Å². The molecule has 1 heterocycles. The number of piperazine rings is 1. The second-order valence-electron chi connectivity index (χ2n) is 4.32. The summed E-state index contributed by atoms with van der Waals surface area (Å²) in [7, 11) is 2.21. The van der Waals surface area contributed by atoms with Gasteiger partial charge in [-0.15, -0.1) is 0 Å². The fraction of sp³-hybridized carbons (Fsp3) is 1.00. The summed E-state index contributed by atoms with van der Waals surface area (Å²) in [6, 6.07) is 0.749. The maximum absolute atomic E-state index is 2.60. The minimum Gasteiger partial charge on any atom is -0.304 e. The molecule has 1 unspecified atom stereocenters. The molecule has 0 spiro atoms. The first-order valence-electron chi connectivity index (χ1n) is 7.04. The Bertz CT molecular complexity index is 127. The molecule has 1 rings (SSSR count). The van der Waals surface area contributed by atoms with Crippen LogP contribution in [-0.4, -0.2) is 49.1 Å². The zero-order chi connectivity index (χ0) is 13.1. The van der Waals surface area contributed by atoms with Gasteiger partial charge in [0.25, 0.3) is 0 Å². The monoisotopic (exact) mass is 230 g/mol. The molecule has 0 bridgehead atoms. The van der Waals surface area contributed by atoms with Crippen LogP contribution in [0.3, 0.4) is 0 Å². The number of hydrogen-bond acceptors (Lipinski definition) is 2. The van der Waals surface area contributed by atoms with Crippen molar-refractivity contribution in [1.29, 1.82) is 0 Å². The normalized spacial score (nSPS) is 19.3. The zero-order valence-corrected chi connectivity index (χ0v) is 12.9. The van der Waals surface area contributed by atoms with Crippen molar-refractivity contribution in [1.82, 2.24) is 9.80 Å². The van der Waals surface area contributed by atoms with Crippen molar-refractivity contribution in [2.24, 2.45) is 5.92 Å². The number of nitrogens with zero attached hydrogens (tertiary/aromatic N) is 2. The molecular weight excluding hydrogens is 196 g/mol.